The molecule has 1 amide bonds. The lowest BCUT2D eigenvalue weighted by molar-refractivity contribution is 0.0944. The van der Waals surface area contributed by atoms with Crippen LogP contribution in [0.3, 0.4) is 0 Å². The highest BCUT2D eigenvalue weighted by molar-refractivity contribution is 7.13. The van der Waals surface area contributed by atoms with E-state index >= 15 is 0 Å². The lowest BCUT2D eigenvalue weighted by Crippen LogP contribution is -2.37. The van der Waals surface area contributed by atoms with Crippen molar-refractivity contribution in [3.63, 3.8) is 0 Å². The van der Waals surface area contributed by atoms with Gasteiger partial charge in [-0.2, -0.15) is 5.10 Å². The number of nitrogens with one attached hydrogen (secondary N) is 2. The molecule has 0 spiro atoms. The van der Waals surface area contributed by atoms with Crippen molar-refractivity contribution in [3.8, 4) is 10.6 Å². The quantitative estimate of drug-likeness (QED) is 0.892. The summed E-state index contributed by atoms with van der Waals surface area (Å²) in [5.74, 6) is -0.225. The van der Waals surface area contributed by atoms with Crippen LogP contribution < -0.4 is 10.6 Å². The maximum absolute atomic E-state index is 13.0. The monoisotopic (exact) mass is 344 g/mol. The molecule has 1 aliphatic rings. The van der Waals surface area contributed by atoms with Crippen LogP contribution in [-0.2, 0) is 7.05 Å². The van der Waals surface area contributed by atoms with Gasteiger partial charge in [-0.15, -0.1) is 23.7 Å². The molecule has 0 unspecified atom stereocenters. The van der Waals surface area contributed by atoms with Crippen LogP contribution in [0.2, 0.25) is 0 Å². The second-order valence-electron chi connectivity index (χ2n) is 5.16. The number of amides is 1. The van der Waals surface area contributed by atoms with Gasteiger partial charge in [-0.25, -0.2) is 4.39 Å². The van der Waals surface area contributed by atoms with Crippen molar-refractivity contribution in [1.82, 2.24) is 20.4 Å². The minimum absolute atomic E-state index is 0. The van der Waals surface area contributed by atoms with E-state index < -0.39 is 6.17 Å². The Morgan fingerprint density at radius 3 is 3.09 bits per heavy atom. The fourth-order valence-electron chi connectivity index (χ4n) is 2.47. The number of halogens is 2. The maximum atomic E-state index is 13.0. The molecule has 0 saturated carbocycles. The predicted molar refractivity (Wildman–Crippen MR) is 87.4 cm³/mol. The van der Waals surface area contributed by atoms with Crippen molar-refractivity contribution in [2.24, 2.45) is 7.05 Å². The molecule has 2 atom stereocenters. The van der Waals surface area contributed by atoms with Gasteiger partial charge < -0.3 is 10.6 Å². The zero-order valence-corrected chi connectivity index (χ0v) is 13.7. The summed E-state index contributed by atoms with van der Waals surface area (Å²) < 4.78 is 14.7. The Labute approximate surface area is 138 Å². The molecule has 5 nitrogen and oxygen atoms in total. The highest BCUT2D eigenvalue weighted by Crippen LogP contribution is 2.24. The number of hydrogen-bond donors (Lipinski definition) is 2. The van der Waals surface area contributed by atoms with Crippen LogP contribution >= 0.6 is 23.7 Å². The number of aryl methyl sites for hydroxylation is 1. The molecule has 1 saturated heterocycles. The average molecular weight is 345 g/mol. The molecule has 0 bridgehead atoms. The zero-order valence-electron chi connectivity index (χ0n) is 12.1. The number of nitrogens with zero attached hydrogens (tertiary/aromatic N) is 2. The van der Waals surface area contributed by atoms with E-state index in [4.69, 9.17) is 0 Å². The number of carbonyl (C=O) groups is 1. The standard InChI is InChI=1S/C14H17FN4OS.ClH/c1-19-12(13-3-2-4-21-13)6-11(18-19)14(20)17-8-10-5-9(15)7-16-10;/h2-4,6,9-10,16H,5,7-8H2,1H3,(H,17,20);1H/t9-,10-;/m0./s1. The molecule has 2 aromatic heterocycles. The molecule has 2 N–H and O–H groups in total. The third kappa shape index (κ3) is 3.66. The highest BCUT2D eigenvalue weighted by atomic mass is 35.5. The maximum Gasteiger partial charge on any atom is 0.271 e. The summed E-state index contributed by atoms with van der Waals surface area (Å²) in [5.41, 5.74) is 1.30. The molecule has 22 heavy (non-hydrogen) atoms. The smallest absolute Gasteiger partial charge is 0.271 e. The Morgan fingerprint density at radius 1 is 1.64 bits per heavy atom. The SMILES string of the molecule is Cl.Cn1nc(C(=O)NC[C@@H]2C[C@H](F)CN2)cc1-c1cccs1. The van der Waals surface area contributed by atoms with Crippen LogP contribution in [0.4, 0.5) is 4.39 Å². The molecule has 3 rings (SSSR count). The molecule has 120 valence electrons. The van der Waals surface area contributed by atoms with Crippen molar-refractivity contribution in [1.29, 1.82) is 0 Å². The summed E-state index contributed by atoms with van der Waals surface area (Å²) in [6, 6.07) is 5.74. The third-order valence-electron chi connectivity index (χ3n) is 3.56. The molecule has 0 aliphatic carbocycles. The Bertz CT molecular complexity index is 631. The summed E-state index contributed by atoms with van der Waals surface area (Å²) >= 11 is 1.61. The number of thiophene rings is 1. The van der Waals surface area contributed by atoms with Gasteiger partial charge in [0.15, 0.2) is 5.69 Å². The average Bonchev–Trinajstić information content (AvgIpc) is 3.16. The van der Waals surface area contributed by atoms with E-state index in [1.165, 1.54) is 0 Å². The van der Waals surface area contributed by atoms with Gasteiger partial charge in [0.2, 0.25) is 0 Å². The Morgan fingerprint density at radius 2 is 2.45 bits per heavy atom. The van der Waals surface area contributed by atoms with E-state index in [0.29, 0.717) is 25.2 Å². The summed E-state index contributed by atoms with van der Waals surface area (Å²) in [4.78, 5) is 13.2. The predicted octanol–water partition coefficient (Wildman–Crippen LogP) is 2.00. The van der Waals surface area contributed by atoms with Gasteiger partial charge in [0, 0.05) is 26.2 Å². The molecule has 0 radical (unpaired) electrons. The van der Waals surface area contributed by atoms with Crippen LogP contribution in [0.1, 0.15) is 16.9 Å². The fraction of sp³-hybridized carbons (Fsp3) is 0.429. The van der Waals surface area contributed by atoms with Crippen LogP contribution in [0.5, 0.6) is 0 Å². The largest absolute Gasteiger partial charge is 0.349 e. The van der Waals surface area contributed by atoms with E-state index in [1.807, 2.05) is 24.6 Å². The lowest BCUT2D eigenvalue weighted by atomic mass is 10.2. The molecule has 2 aromatic rings. The van der Waals surface area contributed by atoms with Gasteiger partial charge in [-0.3, -0.25) is 9.48 Å². The van der Waals surface area contributed by atoms with Gasteiger partial charge >= 0.3 is 0 Å². The molecule has 1 aliphatic heterocycles. The first-order valence-electron chi connectivity index (χ1n) is 6.87. The van der Waals surface area contributed by atoms with Crippen molar-refractivity contribution >= 4 is 29.7 Å². The normalized spacial score (nSPS) is 20.6. The Balaban J connectivity index is 0.00000176. The van der Waals surface area contributed by atoms with E-state index in [2.05, 4.69) is 15.7 Å². The van der Waals surface area contributed by atoms with Crippen molar-refractivity contribution in [2.45, 2.75) is 18.6 Å². The van der Waals surface area contributed by atoms with E-state index in [-0.39, 0.29) is 24.4 Å². The molecule has 3 heterocycles. The second-order valence-corrected chi connectivity index (χ2v) is 6.11. The van der Waals surface area contributed by atoms with Crippen molar-refractivity contribution in [3.05, 3.63) is 29.3 Å². The van der Waals surface area contributed by atoms with Crippen LogP contribution in [0.25, 0.3) is 10.6 Å². The molecule has 8 heteroatoms. The molecular formula is C14H18ClFN4OS. The van der Waals surface area contributed by atoms with Crippen LogP contribution in [0, 0.1) is 0 Å². The summed E-state index contributed by atoms with van der Waals surface area (Å²) in [6.45, 7) is 0.789. The summed E-state index contributed by atoms with van der Waals surface area (Å²) in [6.07, 6.45) is -0.365. The van der Waals surface area contributed by atoms with Gasteiger partial charge in [0.1, 0.15) is 6.17 Å². The Kier molecular flexibility index (Phi) is 5.55. The van der Waals surface area contributed by atoms with Gasteiger partial charge in [0.05, 0.1) is 10.6 Å². The van der Waals surface area contributed by atoms with E-state index in [9.17, 15) is 9.18 Å². The van der Waals surface area contributed by atoms with Gasteiger partial charge in [-0.05, 0) is 23.9 Å². The first-order chi connectivity index (χ1) is 10.1. The fourth-order valence-corrected chi connectivity index (χ4v) is 3.24. The third-order valence-corrected chi connectivity index (χ3v) is 4.46. The molecular weight excluding hydrogens is 327 g/mol. The minimum atomic E-state index is -0.813. The van der Waals surface area contributed by atoms with Crippen molar-refractivity contribution < 1.29 is 9.18 Å². The van der Waals surface area contributed by atoms with Crippen molar-refractivity contribution in [2.75, 3.05) is 13.1 Å². The first kappa shape index (κ1) is 16.9. The second kappa shape index (κ2) is 7.21. The zero-order chi connectivity index (χ0) is 14.8. The lowest BCUT2D eigenvalue weighted by Gasteiger charge is -2.09. The van der Waals surface area contributed by atoms with Crippen LogP contribution in [-0.4, -0.2) is 41.0 Å². The number of carbonyl (C=O) groups excluding carboxylic acids is 1. The van der Waals surface area contributed by atoms with Crippen LogP contribution in [0.15, 0.2) is 23.6 Å². The number of hydrogen-bond acceptors (Lipinski definition) is 4. The highest BCUT2D eigenvalue weighted by Gasteiger charge is 2.24. The first-order valence-corrected chi connectivity index (χ1v) is 7.75. The summed E-state index contributed by atoms with van der Waals surface area (Å²) in [5, 5.41) is 12.1. The van der Waals surface area contributed by atoms with E-state index in [0.717, 1.165) is 10.6 Å². The number of rotatable bonds is 4. The molecule has 0 aromatic carbocycles. The number of aromatic nitrogens is 2. The molecule has 1 fully saturated rings. The van der Waals surface area contributed by atoms with Gasteiger partial charge in [0.25, 0.3) is 5.91 Å². The topological polar surface area (TPSA) is 59.0 Å². The summed E-state index contributed by atoms with van der Waals surface area (Å²) in [7, 11) is 1.82. The minimum Gasteiger partial charge on any atom is -0.349 e. The Hall–Kier alpha value is -1.44. The van der Waals surface area contributed by atoms with Gasteiger partial charge in [-0.1, -0.05) is 6.07 Å². The number of alkyl halides is 1. The van der Waals surface area contributed by atoms with E-state index in [1.54, 1.807) is 22.1 Å².